The quantitative estimate of drug-likeness (QED) is 0.593. The van der Waals surface area contributed by atoms with Crippen LogP contribution in [0.2, 0.25) is 0 Å². The van der Waals surface area contributed by atoms with Crippen molar-refractivity contribution in [2.45, 2.75) is 63.6 Å². The van der Waals surface area contributed by atoms with Crippen LogP contribution in [0.3, 0.4) is 0 Å². The Morgan fingerprint density at radius 1 is 1.00 bits per heavy atom. The molecule has 1 saturated heterocycles. The van der Waals surface area contributed by atoms with E-state index in [1.165, 1.54) is 10.6 Å². The molecule has 0 radical (unpaired) electrons. The van der Waals surface area contributed by atoms with E-state index in [-0.39, 0.29) is 40.8 Å². The number of thioether (sulfide) groups is 1. The number of nitrogens with one attached hydrogen (secondary N) is 1. The highest BCUT2D eigenvalue weighted by Crippen LogP contribution is 2.30. The van der Waals surface area contributed by atoms with Crippen molar-refractivity contribution in [3.63, 3.8) is 0 Å². The Morgan fingerprint density at radius 3 is 2.40 bits per heavy atom. The van der Waals surface area contributed by atoms with Gasteiger partial charge in [-0.1, -0.05) is 0 Å². The molecule has 0 spiro atoms. The summed E-state index contributed by atoms with van der Waals surface area (Å²) in [4.78, 5) is 47.9. The number of halogens is 1. The van der Waals surface area contributed by atoms with Gasteiger partial charge in [0.25, 0.3) is 11.5 Å². The molecule has 3 aromatic heterocycles. The van der Waals surface area contributed by atoms with E-state index in [0.717, 1.165) is 36.2 Å². The molecule has 0 atom stereocenters. The summed E-state index contributed by atoms with van der Waals surface area (Å²) in [5.74, 6) is 1.09. The number of pyridine rings is 2. The van der Waals surface area contributed by atoms with Gasteiger partial charge in [0.1, 0.15) is 11.5 Å². The zero-order chi connectivity index (χ0) is 24.5. The molecular weight excluding hydrogens is 469 g/mol. The minimum atomic E-state index is -0.595. The number of hydrogen-bond acceptors (Lipinski definition) is 6. The van der Waals surface area contributed by atoms with Crippen molar-refractivity contribution >= 4 is 28.7 Å². The molecule has 0 bridgehead atoms. The van der Waals surface area contributed by atoms with Gasteiger partial charge in [-0.05, 0) is 75.2 Å². The van der Waals surface area contributed by atoms with E-state index in [9.17, 15) is 18.8 Å². The van der Waals surface area contributed by atoms with Gasteiger partial charge in [0.05, 0.1) is 17.1 Å². The average molecular weight is 498 g/mol. The third-order valence-electron chi connectivity index (χ3n) is 7.05. The molecular formula is C25H28FN5O3S. The highest BCUT2D eigenvalue weighted by Gasteiger charge is 2.29. The van der Waals surface area contributed by atoms with Gasteiger partial charge in [-0.3, -0.25) is 23.7 Å². The molecule has 3 aromatic rings. The van der Waals surface area contributed by atoms with Crippen LogP contribution in [0.5, 0.6) is 0 Å². The first-order valence-electron chi connectivity index (χ1n) is 12.1. The summed E-state index contributed by atoms with van der Waals surface area (Å²) in [6, 6.07) is 4.32. The summed E-state index contributed by atoms with van der Waals surface area (Å²) in [6.07, 6.45) is 6.67. The Balaban J connectivity index is 1.41. The van der Waals surface area contributed by atoms with E-state index in [0.29, 0.717) is 31.2 Å². The lowest BCUT2D eigenvalue weighted by Gasteiger charge is -2.31. The molecule has 184 valence electrons. The van der Waals surface area contributed by atoms with Crippen LogP contribution >= 0.6 is 11.8 Å². The molecule has 1 aliphatic carbocycles. The second-order valence-corrected chi connectivity index (χ2v) is 10.6. The minimum Gasteiger partial charge on any atom is -0.349 e. The SMILES string of the molecule is Cc1ccc(C(=O)NC2CCC(n3c(=O)c4cc(F)cnc4n(C4CCSCC4)c3=O)CC2)cn1. The van der Waals surface area contributed by atoms with Gasteiger partial charge in [0, 0.05) is 30.0 Å². The standard InChI is InChI=1S/C25H28FN5O3S/c1-15-2-3-16(13-27-15)23(32)29-18-4-6-19(7-5-18)31-24(33)21-12-17(26)14-28-22(21)30(25(31)34)20-8-10-35-11-9-20/h2-3,12-14,18-20H,4-11H2,1H3,(H,29,32). The zero-order valence-corrected chi connectivity index (χ0v) is 20.4. The number of aryl methyl sites for hydroxylation is 1. The molecule has 5 rings (SSSR count). The van der Waals surface area contributed by atoms with E-state index >= 15 is 0 Å². The molecule has 1 amide bonds. The van der Waals surface area contributed by atoms with E-state index in [2.05, 4.69) is 15.3 Å². The molecule has 1 N–H and O–H groups in total. The second-order valence-electron chi connectivity index (χ2n) is 9.36. The molecule has 2 aliphatic rings. The van der Waals surface area contributed by atoms with E-state index in [1.807, 2.05) is 18.7 Å². The van der Waals surface area contributed by atoms with Gasteiger partial charge < -0.3 is 5.32 Å². The van der Waals surface area contributed by atoms with Crippen molar-refractivity contribution in [1.29, 1.82) is 0 Å². The number of carbonyl (C=O) groups excluding carboxylic acids is 1. The first-order valence-corrected chi connectivity index (χ1v) is 13.2. The lowest BCUT2D eigenvalue weighted by Crippen LogP contribution is -2.46. The highest BCUT2D eigenvalue weighted by molar-refractivity contribution is 7.99. The van der Waals surface area contributed by atoms with Crippen LogP contribution in [0.25, 0.3) is 11.0 Å². The van der Waals surface area contributed by atoms with E-state index in [1.54, 1.807) is 22.9 Å². The normalized spacial score (nSPS) is 21.2. The maximum Gasteiger partial charge on any atom is 0.333 e. The van der Waals surface area contributed by atoms with Crippen molar-refractivity contribution in [3.05, 3.63) is 68.5 Å². The Hall–Kier alpha value is -3.01. The molecule has 35 heavy (non-hydrogen) atoms. The van der Waals surface area contributed by atoms with Gasteiger partial charge in [0.2, 0.25) is 0 Å². The number of nitrogens with zero attached hydrogens (tertiary/aromatic N) is 4. The van der Waals surface area contributed by atoms with Crippen molar-refractivity contribution in [2.75, 3.05) is 11.5 Å². The number of aromatic nitrogens is 4. The summed E-state index contributed by atoms with van der Waals surface area (Å²) in [7, 11) is 0. The van der Waals surface area contributed by atoms with E-state index in [4.69, 9.17) is 0 Å². The summed E-state index contributed by atoms with van der Waals surface area (Å²) in [5.41, 5.74) is 0.762. The van der Waals surface area contributed by atoms with Gasteiger partial charge in [-0.15, -0.1) is 0 Å². The smallest absolute Gasteiger partial charge is 0.333 e. The number of rotatable bonds is 4. The van der Waals surface area contributed by atoms with Crippen LogP contribution in [0, 0.1) is 12.7 Å². The Labute approximate surface area is 206 Å². The van der Waals surface area contributed by atoms with Crippen LogP contribution in [0.4, 0.5) is 4.39 Å². The number of amides is 1. The van der Waals surface area contributed by atoms with Gasteiger partial charge in [-0.2, -0.15) is 11.8 Å². The maximum absolute atomic E-state index is 14.1. The third kappa shape index (κ3) is 4.76. The minimum absolute atomic E-state index is 0.0482. The first kappa shape index (κ1) is 23.7. The van der Waals surface area contributed by atoms with Gasteiger partial charge >= 0.3 is 5.69 Å². The molecule has 10 heteroatoms. The summed E-state index contributed by atoms with van der Waals surface area (Å²) in [5, 5.41) is 3.19. The monoisotopic (exact) mass is 497 g/mol. The fourth-order valence-electron chi connectivity index (χ4n) is 5.15. The molecule has 1 aliphatic heterocycles. The predicted octanol–water partition coefficient (Wildman–Crippen LogP) is 3.38. The van der Waals surface area contributed by atoms with Crippen LogP contribution < -0.4 is 16.6 Å². The third-order valence-corrected chi connectivity index (χ3v) is 8.10. The summed E-state index contributed by atoms with van der Waals surface area (Å²) in [6.45, 7) is 1.86. The van der Waals surface area contributed by atoms with Crippen molar-refractivity contribution in [2.24, 2.45) is 0 Å². The molecule has 0 aromatic carbocycles. The number of fused-ring (bicyclic) bond motifs is 1. The number of carbonyl (C=O) groups is 1. The average Bonchev–Trinajstić information content (AvgIpc) is 2.86. The fraction of sp³-hybridized carbons (Fsp3) is 0.480. The van der Waals surface area contributed by atoms with Gasteiger partial charge in [0.15, 0.2) is 0 Å². The summed E-state index contributed by atoms with van der Waals surface area (Å²) < 4.78 is 17.0. The van der Waals surface area contributed by atoms with Crippen LogP contribution in [0.1, 0.15) is 66.7 Å². The molecule has 1 saturated carbocycles. The second kappa shape index (κ2) is 9.93. The Bertz CT molecular complexity index is 1360. The highest BCUT2D eigenvalue weighted by atomic mass is 32.2. The van der Waals surface area contributed by atoms with Crippen molar-refractivity contribution in [1.82, 2.24) is 24.4 Å². The van der Waals surface area contributed by atoms with Crippen LogP contribution in [0.15, 0.2) is 40.2 Å². The molecule has 0 unspecified atom stereocenters. The Kier molecular flexibility index (Phi) is 6.73. The predicted molar refractivity (Wildman–Crippen MR) is 134 cm³/mol. The first-order chi connectivity index (χ1) is 16.9. The Morgan fingerprint density at radius 2 is 1.71 bits per heavy atom. The topological polar surface area (TPSA) is 98.9 Å². The van der Waals surface area contributed by atoms with Crippen LogP contribution in [-0.4, -0.2) is 42.6 Å². The summed E-state index contributed by atoms with van der Waals surface area (Å²) >= 11 is 1.84. The van der Waals surface area contributed by atoms with Gasteiger partial charge in [-0.25, -0.2) is 14.2 Å². The fourth-order valence-corrected chi connectivity index (χ4v) is 6.23. The van der Waals surface area contributed by atoms with Crippen molar-refractivity contribution in [3.8, 4) is 0 Å². The largest absolute Gasteiger partial charge is 0.349 e. The maximum atomic E-state index is 14.1. The zero-order valence-electron chi connectivity index (χ0n) is 19.6. The molecule has 2 fully saturated rings. The lowest BCUT2D eigenvalue weighted by atomic mass is 9.90. The molecule has 8 nitrogen and oxygen atoms in total. The molecule has 4 heterocycles. The number of hydrogen-bond donors (Lipinski definition) is 1. The van der Waals surface area contributed by atoms with Crippen LogP contribution in [-0.2, 0) is 0 Å². The van der Waals surface area contributed by atoms with Crippen molar-refractivity contribution < 1.29 is 9.18 Å². The van der Waals surface area contributed by atoms with E-state index < -0.39 is 11.4 Å². The lowest BCUT2D eigenvalue weighted by molar-refractivity contribution is 0.0921.